The van der Waals surface area contributed by atoms with Crippen LogP contribution in [0.2, 0.25) is 0 Å². The quantitative estimate of drug-likeness (QED) is 0.779. The smallest absolute Gasteiger partial charge is 0.282 e. The minimum Gasteiger partial charge on any atom is -0.315 e. The Morgan fingerprint density at radius 3 is 2.67 bits per heavy atom. The maximum Gasteiger partial charge on any atom is 0.282 e. The lowest BCUT2D eigenvalue weighted by Crippen LogP contribution is -2.53. The average molecular weight is 317 g/mol. The van der Waals surface area contributed by atoms with Crippen molar-refractivity contribution in [2.24, 2.45) is 5.92 Å². The first kappa shape index (κ1) is 17.2. The molecule has 21 heavy (non-hydrogen) atoms. The molecule has 2 rings (SSSR count). The predicted octanol–water partition coefficient (Wildman–Crippen LogP) is 1.82. The summed E-state index contributed by atoms with van der Waals surface area (Å²) in [6.07, 6.45) is 6.43. The number of likely N-dealkylation sites (N-methyl/N-ethyl adjacent to an activating group) is 1. The lowest BCUT2D eigenvalue weighted by molar-refractivity contribution is 0.230. The Labute approximate surface area is 130 Å². The molecule has 0 saturated carbocycles. The summed E-state index contributed by atoms with van der Waals surface area (Å²) in [6, 6.07) is 0.133. The highest BCUT2D eigenvalue weighted by molar-refractivity contribution is 7.86. The van der Waals surface area contributed by atoms with E-state index in [0.717, 1.165) is 58.2 Å². The van der Waals surface area contributed by atoms with E-state index in [1.165, 1.54) is 0 Å². The van der Waals surface area contributed by atoms with E-state index in [1.807, 2.05) is 0 Å². The van der Waals surface area contributed by atoms with E-state index in [2.05, 4.69) is 19.2 Å². The largest absolute Gasteiger partial charge is 0.315 e. The molecule has 0 spiro atoms. The van der Waals surface area contributed by atoms with Crippen molar-refractivity contribution in [3.63, 3.8) is 0 Å². The molecule has 2 heterocycles. The second-order valence-corrected chi connectivity index (χ2v) is 8.26. The number of hydrogen-bond donors (Lipinski definition) is 1. The molecule has 0 bridgehead atoms. The van der Waals surface area contributed by atoms with E-state index in [1.54, 1.807) is 8.61 Å². The molecule has 6 heteroatoms. The third-order valence-corrected chi connectivity index (χ3v) is 6.83. The molecule has 2 atom stereocenters. The zero-order valence-electron chi connectivity index (χ0n) is 13.6. The Morgan fingerprint density at radius 1 is 1.14 bits per heavy atom. The van der Waals surface area contributed by atoms with Crippen molar-refractivity contribution in [1.29, 1.82) is 0 Å². The highest BCUT2D eigenvalue weighted by atomic mass is 32.2. The Balaban J connectivity index is 2.02. The second kappa shape index (κ2) is 7.90. The van der Waals surface area contributed by atoms with E-state index in [9.17, 15) is 8.42 Å². The number of hydrogen-bond acceptors (Lipinski definition) is 3. The number of piperidine rings is 1. The van der Waals surface area contributed by atoms with Gasteiger partial charge in [0.1, 0.15) is 0 Å². The van der Waals surface area contributed by atoms with Crippen molar-refractivity contribution in [1.82, 2.24) is 13.9 Å². The van der Waals surface area contributed by atoms with Crippen molar-refractivity contribution in [3.8, 4) is 0 Å². The van der Waals surface area contributed by atoms with Crippen LogP contribution < -0.4 is 5.32 Å². The summed E-state index contributed by atoms with van der Waals surface area (Å²) < 4.78 is 29.4. The Morgan fingerprint density at radius 2 is 1.95 bits per heavy atom. The van der Waals surface area contributed by atoms with Crippen molar-refractivity contribution >= 4 is 10.2 Å². The molecule has 0 aromatic carbocycles. The van der Waals surface area contributed by atoms with Crippen molar-refractivity contribution < 1.29 is 8.42 Å². The van der Waals surface area contributed by atoms with Crippen LogP contribution in [0, 0.1) is 5.92 Å². The van der Waals surface area contributed by atoms with Gasteiger partial charge in [-0.1, -0.05) is 26.7 Å². The van der Waals surface area contributed by atoms with Crippen LogP contribution in [0.3, 0.4) is 0 Å². The summed E-state index contributed by atoms with van der Waals surface area (Å²) in [5.74, 6) is 0.557. The third kappa shape index (κ3) is 4.18. The average Bonchev–Trinajstić information content (AvgIpc) is 2.95. The summed E-state index contributed by atoms with van der Waals surface area (Å²) in [4.78, 5) is 0. The van der Waals surface area contributed by atoms with E-state index in [4.69, 9.17) is 0 Å². The van der Waals surface area contributed by atoms with Gasteiger partial charge in [0.2, 0.25) is 0 Å². The molecule has 0 amide bonds. The molecule has 2 aliphatic rings. The highest BCUT2D eigenvalue weighted by Gasteiger charge is 2.39. The molecular formula is C15H31N3O2S. The molecule has 5 nitrogen and oxygen atoms in total. The van der Waals surface area contributed by atoms with Crippen molar-refractivity contribution in [3.05, 3.63) is 0 Å². The summed E-state index contributed by atoms with van der Waals surface area (Å²) in [5.41, 5.74) is 0. The molecule has 2 aliphatic heterocycles. The van der Waals surface area contributed by atoms with E-state index < -0.39 is 10.2 Å². The summed E-state index contributed by atoms with van der Waals surface area (Å²) in [6.45, 7) is 8.03. The third-order valence-electron chi connectivity index (χ3n) is 4.77. The lowest BCUT2D eigenvalue weighted by Gasteiger charge is -2.37. The van der Waals surface area contributed by atoms with Crippen LogP contribution in [0.1, 0.15) is 52.4 Å². The van der Waals surface area contributed by atoms with Crippen molar-refractivity contribution in [2.75, 3.05) is 32.7 Å². The van der Waals surface area contributed by atoms with Crippen LogP contribution in [0.25, 0.3) is 0 Å². The topological polar surface area (TPSA) is 52.7 Å². The summed E-state index contributed by atoms with van der Waals surface area (Å²) in [7, 11) is -3.27. The molecule has 0 aromatic rings. The lowest BCUT2D eigenvalue weighted by atomic mass is 10.0. The molecule has 2 unspecified atom stereocenters. The van der Waals surface area contributed by atoms with Gasteiger partial charge in [-0.3, -0.25) is 0 Å². The standard InChI is InChI=1S/C15H31N3O2S/c1-3-7-14-9-11-17(13-14)21(19,20)18-10-6-5-8-15(18)12-16-4-2/h14-16H,3-13H2,1-2H3. The minimum atomic E-state index is -3.27. The SMILES string of the molecule is CCCC1CCN(S(=O)(=O)N2CCCCC2CNCC)C1. The van der Waals surface area contributed by atoms with Gasteiger partial charge in [0.05, 0.1) is 0 Å². The van der Waals surface area contributed by atoms with Crippen LogP contribution in [-0.2, 0) is 10.2 Å². The number of nitrogens with zero attached hydrogens (tertiary/aromatic N) is 2. The first-order valence-corrected chi connectivity index (χ1v) is 9.96. The van der Waals surface area contributed by atoms with E-state index in [-0.39, 0.29) is 6.04 Å². The normalized spacial score (nSPS) is 29.0. The van der Waals surface area contributed by atoms with Crippen molar-refractivity contribution in [2.45, 2.75) is 58.4 Å². The first-order chi connectivity index (χ1) is 10.1. The molecule has 2 saturated heterocycles. The van der Waals surface area contributed by atoms with Gasteiger partial charge < -0.3 is 5.32 Å². The maximum absolute atomic E-state index is 12.9. The van der Waals surface area contributed by atoms with Gasteiger partial charge in [-0.05, 0) is 38.1 Å². The van der Waals surface area contributed by atoms with E-state index >= 15 is 0 Å². The zero-order chi connectivity index (χ0) is 15.3. The Kier molecular flexibility index (Phi) is 6.47. The van der Waals surface area contributed by atoms with Crippen LogP contribution in [0.15, 0.2) is 0 Å². The minimum absolute atomic E-state index is 0.133. The molecule has 1 N–H and O–H groups in total. The van der Waals surface area contributed by atoms with Crippen LogP contribution in [-0.4, -0.2) is 55.8 Å². The van der Waals surface area contributed by atoms with Gasteiger partial charge in [-0.25, -0.2) is 0 Å². The Bertz CT molecular complexity index is 413. The zero-order valence-corrected chi connectivity index (χ0v) is 14.4. The fourth-order valence-corrected chi connectivity index (χ4v) is 5.54. The number of rotatable bonds is 7. The monoisotopic (exact) mass is 317 g/mol. The van der Waals surface area contributed by atoms with Gasteiger partial charge in [0.15, 0.2) is 0 Å². The highest BCUT2D eigenvalue weighted by Crippen LogP contribution is 2.28. The fraction of sp³-hybridized carbons (Fsp3) is 1.00. The van der Waals surface area contributed by atoms with E-state index in [0.29, 0.717) is 19.0 Å². The van der Waals surface area contributed by atoms with Crippen LogP contribution in [0.5, 0.6) is 0 Å². The van der Waals surface area contributed by atoms with Crippen LogP contribution in [0.4, 0.5) is 0 Å². The molecular weight excluding hydrogens is 286 g/mol. The molecule has 0 radical (unpaired) electrons. The molecule has 0 aromatic heterocycles. The van der Waals surface area contributed by atoms with Gasteiger partial charge in [0, 0.05) is 32.2 Å². The van der Waals surface area contributed by atoms with Gasteiger partial charge in [-0.15, -0.1) is 0 Å². The molecule has 0 aliphatic carbocycles. The first-order valence-electron chi connectivity index (χ1n) is 8.57. The van der Waals surface area contributed by atoms with Gasteiger partial charge in [-0.2, -0.15) is 17.0 Å². The maximum atomic E-state index is 12.9. The van der Waals surface area contributed by atoms with Crippen LogP contribution >= 0.6 is 0 Å². The summed E-state index contributed by atoms with van der Waals surface area (Å²) in [5, 5.41) is 3.32. The fourth-order valence-electron chi connectivity index (χ4n) is 3.59. The molecule has 124 valence electrons. The number of nitrogens with one attached hydrogen (secondary N) is 1. The second-order valence-electron chi connectivity index (χ2n) is 6.38. The predicted molar refractivity (Wildman–Crippen MR) is 86.4 cm³/mol. The van der Waals surface area contributed by atoms with Gasteiger partial charge in [0.25, 0.3) is 10.2 Å². The summed E-state index contributed by atoms with van der Waals surface area (Å²) >= 11 is 0. The molecule has 2 fully saturated rings. The van der Waals surface area contributed by atoms with Gasteiger partial charge >= 0.3 is 0 Å². The Hall–Kier alpha value is -0.170.